The molecule has 0 atom stereocenters. The second-order valence-electron chi connectivity index (χ2n) is 4.23. The maximum atomic E-state index is 11.6. The Kier molecular flexibility index (Phi) is 6.56. The monoisotopic (exact) mass is 283 g/mol. The average Bonchev–Trinajstić information content (AvgIpc) is 2.44. The van der Waals surface area contributed by atoms with Gasteiger partial charge in [0.25, 0.3) is 0 Å². The number of benzene rings is 1. The summed E-state index contributed by atoms with van der Waals surface area (Å²) in [6.45, 7) is 0.683. The number of likely N-dealkylation sites (N-methyl/N-ethyl adjacent to an activating group) is 1. The van der Waals surface area contributed by atoms with E-state index >= 15 is 0 Å². The smallest absolute Gasteiger partial charge is 0.223 e. The Hall–Kier alpha value is -1.36. The van der Waals surface area contributed by atoms with E-state index in [1.54, 1.807) is 19.1 Å². The van der Waals surface area contributed by atoms with Gasteiger partial charge in [0.2, 0.25) is 5.91 Å². The topological polar surface area (TPSA) is 38.8 Å². The maximum absolute atomic E-state index is 11.6. The molecule has 1 amide bonds. The van der Waals surface area contributed by atoms with Gasteiger partial charge in [0.1, 0.15) is 0 Å². The number of carbonyl (C=O) groups excluding carboxylic acids is 1. The number of nitrogens with zero attached hydrogens (tertiary/aromatic N) is 1. The zero-order valence-electron chi connectivity index (χ0n) is 11.7. The van der Waals surface area contributed by atoms with E-state index in [0.29, 0.717) is 30.2 Å². The van der Waals surface area contributed by atoms with Crippen LogP contribution in [0.1, 0.15) is 12.0 Å². The summed E-state index contributed by atoms with van der Waals surface area (Å²) in [5.41, 5.74) is 1.11. The molecule has 0 heterocycles. The molecule has 0 saturated carbocycles. The first kappa shape index (κ1) is 15.7. The Morgan fingerprint density at radius 3 is 2.53 bits per heavy atom. The molecule has 0 radical (unpaired) electrons. The minimum Gasteiger partial charge on any atom is -0.493 e. The number of rotatable bonds is 7. The van der Waals surface area contributed by atoms with E-state index in [1.807, 2.05) is 25.2 Å². The van der Waals surface area contributed by atoms with Crippen LogP contribution >= 0.6 is 12.6 Å². The van der Waals surface area contributed by atoms with Crippen LogP contribution < -0.4 is 9.47 Å². The van der Waals surface area contributed by atoms with Crippen molar-refractivity contribution in [2.24, 2.45) is 0 Å². The average molecular weight is 283 g/mol. The Balaban J connectivity index is 2.60. The number of methoxy groups -OCH3 is 2. The molecule has 0 aliphatic heterocycles. The molecule has 0 bridgehead atoms. The fraction of sp³-hybridized carbons (Fsp3) is 0.500. The lowest BCUT2D eigenvalue weighted by molar-refractivity contribution is -0.129. The molecule has 0 aliphatic rings. The molecule has 0 N–H and O–H groups in total. The molecule has 106 valence electrons. The van der Waals surface area contributed by atoms with Crippen molar-refractivity contribution in [3.8, 4) is 11.5 Å². The van der Waals surface area contributed by atoms with Crippen LogP contribution in [0.4, 0.5) is 0 Å². The number of amides is 1. The summed E-state index contributed by atoms with van der Waals surface area (Å²) >= 11 is 4.06. The molecule has 1 aromatic carbocycles. The molecule has 1 aromatic rings. The number of hydrogen-bond donors (Lipinski definition) is 1. The van der Waals surface area contributed by atoms with Crippen molar-refractivity contribution in [2.75, 3.05) is 33.6 Å². The molecule has 0 unspecified atom stereocenters. The quantitative estimate of drug-likeness (QED) is 0.778. The van der Waals surface area contributed by atoms with Crippen LogP contribution in [0.2, 0.25) is 0 Å². The second kappa shape index (κ2) is 7.94. The van der Waals surface area contributed by atoms with Crippen molar-refractivity contribution in [3.63, 3.8) is 0 Å². The molecule has 5 heteroatoms. The van der Waals surface area contributed by atoms with Gasteiger partial charge in [-0.05, 0) is 29.9 Å². The Labute approximate surface area is 120 Å². The standard InChI is InChI=1S/C14H21NO3S/c1-15(14(16)7-9-19)8-6-11-4-5-12(17-2)13(10-11)18-3/h4-5,10,19H,6-9H2,1-3H3. The van der Waals surface area contributed by atoms with E-state index < -0.39 is 0 Å². The second-order valence-corrected chi connectivity index (χ2v) is 4.68. The van der Waals surface area contributed by atoms with Crippen LogP contribution in [0.15, 0.2) is 18.2 Å². The highest BCUT2D eigenvalue weighted by Crippen LogP contribution is 2.27. The zero-order valence-corrected chi connectivity index (χ0v) is 12.6. The lowest BCUT2D eigenvalue weighted by Gasteiger charge is -2.17. The van der Waals surface area contributed by atoms with E-state index in [0.717, 1.165) is 12.0 Å². The van der Waals surface area contributed by atoms with Gasteiger partial charge in [-0.1, -0.05) is 6.07 Å². The summed E-state index contributed by atoms with van der Waals surface area (Å²) in [6, 6.07) is 5.80. The highest BCUT2D eigenvalue weighted by molar-refractivity contribution is 7.80. The molecule has 19 heavy (non-hydrogen) atoms. The van der Waals surface area contributed by atoms with Crippen LogP contribution in [0.5, 0.6) is 11.5 Å². The van der Waals surface area contributed by atoms with Crippen LogP contribution in [0.3, 0.4) is 0 Å². The van der Waals surface area contributed by atoms with Gasteiger partial charge >= 0.3 is 0 Å². The van der Waals surface area contributed by atoms with Crippen molar-refractivity contribution >= 4 is 18.5 Å². The predicted octanol–water partition coefficient (Wildman–Crippen LogP) is 2.02. The van der Waals surface area contributed by atoms with Gasteiger partial charge in [0.15, 0.2) is 11.5 Å². The maximum Gasteiger partial charge on any atom is 0.223 e. The third-order valence-electron chi connectivity index (χ3n) is 2.94. The van der Waals surface area contributed by atoms with E-state index in [1.165, 1.54) is 0 Å². The van der Waals surface area contributed by atoms with Gasteiger partial charge in [-0.15, -0.1) is 0 Å². The minimum atomic E-state index is 0.121. The molecular formula is C14H21NO3S. The molecule has 4 nitrogen and oxygen atoms in total. The van der Waals surface area contributed by atoms with E-state index in [4.69, 9.17) is 9.47 Å². The van der Waals surface area contributed by atoms with Gasteiger partial charge < -0.3 is 14.4 Å². The van der Waals surface area contributed by atoms with Crippen molar-refractivity contribution in [1.29, 1.82) is 0 Å². The van der Waals surface area contributed by atoms with Gasteiger partial charge in [-0.3, -0.25) is 4.79 Å². The first-order chi connectivity index (χ1) is 9.12. The molecule has 1 rings (SSSR count). The van der Waals surface area contributed by atoms with Gasteiger partial charge in [0.05, 0.1) is 14.2 Å². The summed E-state index contributed by atoms with van der Waals surface area (Å²) in [5.74, 6) is 2.13. The predicted molar refractivity (Wildman–Crippen MR) is 79.4 cm³/mol. The first-order valence-corrected chi connectivity index (χ1v) is 6.81. The third kappa shape index (κ3) is 4.67. The van der Waals surface area contributed by atoms with Crippen molar-refractivity contribution in [1.82, 2.24) is 4.90 Å². The molecule has 0 spiro atoms. The summed E-state index contributed by atoms with van der Waals surface area (Å²) in [6.07, 6.45) is 1.26. The minimum absolute atomic E-state index is 0.121. The number of carbonyl (C=O) groups is 1. The molecule has 0 saturated heterocycles. The Morgan fingerprint density at radius 2 is 1.95 bits per heavy atom. The molecule has 0 aromatic heterocycles. The van der Waals surface area contributed by atoms with Gasteiger partial charge in [0, 0.05) is 20.0 Å². The zero-order chi connectivity index (χ0) is 14.3. The highest BCUT2D eigenvalue weighted by Gasteiger charge is 2.09. The van der Waals surface area contributed by atoms with Crippen LogP contribution in [0, 0.1) is 0 Å². The van der Waals surface area contributed by atoms with E-state index in [9.17, 15) is 4.79 Å². The number of hydrogen-bond acceptors (Lipinski definition) is 4. The lowest BCUT2D eigenvalue weighted by atomic mass is 10.1. The first-order valence-electron chi connectivity index (χ1n) is 6.18. The summed E-state index contributed by atoms with van der Waals surface area (Å²) in [7, 11) is 5.04. The normalized spacial score (nSPS) is 10.1. The van der Waals surface area contributed by atoms with Crippen LogP contribution in [-0.2, 0) is 11.2 Å². The molecule has 0 aliphatic carbocycles. The van der Waals surface area contributed by atoms with Gasteiger partial charge in [-0.25, -0.2) is 0 Å². The SMILES string of the molecule is COc1ccc(CCN(C)C(=O)CCS)cc1OC. The van der Waals surface area contributed by atoms with Gasteiger partial charge in [-0.2, -0.15) is 12.6 Å². The molecular weight excluding hydrogens is 262 g/mol. The van der Waals surface area contributed by atoms with Crippen LogP contribution in [-0.4, -0.2) is 44.4 Å². The number of ether oxygens (including phenoxy) is 2. The number of thiol groups is 1. The van der Waals surface area contributed by atoms with Crippen molar-refractivity contribution < 1.29 is 14.3 Å². The highest BCUT2D eigenvalue weighted by atomic mass is 32.1. The van der Waals surface area contributed by atoms with Crippen molar-refractivity contribution in [2.45, 2.75) is 12.8 Å². The summed E-state index contributed by atoms with van der Waals surface area (Å²) in [4.78, 5) is 13.3. The summed E-state index contributed by atoms with van der Waals surface area (Å²) < 4.78 is 10.4. The van der Waals surface area contributed by atoms with E-state index in [-0.39, 0.29) is 5.91 Å². The van der Waals surface area contributed by atoms with E-state index in [2.05, 4.69) is 12.6 Å². The summed E-state index contributed by atoms with van der Waals surface area (Å²) in [5, 5.41) is 0. The fourth-order valence-electron chi connectivity index (χ4n) is 1.74. The van der Waals surface area contributed by atoms with Crippen LogP contribution in [0.25, 0.3) is 0 Å². The van der Waals surface area contributed by atoms with Crippen molar-refractivity contribution in [3.05, 3.63) is 23.8 Å². The fourth-order valence-corrected chi connectivity index (χ4v) is 1.94. The molecule has 0 fully saturated rings. The Bertz CT molecular complexity index is 423. The Morgan fingerprint density at radius 1 is 1.26 bits per heavy atom. The third-order valence-corrected chi connectivity index (χ3v) is 3.16. The largest absolute Gasteiger partial charge is 0.493 e. The lowest BCUT2D eigenvalue weighted by Crippen LogP contribution is -2.28.